The SMILES string of the molecule is CCCCN(C(=O)Nc1ccc(CN)cc1)C1CC1. The zero-order valence-electron chi connectivity index (χ0n) is 11.6. The Hall–Kier alpha value is -1.55. The number of carbonyl (C=O) groups is 1. The predicted octanol–water partition coefficient (Wildman–Crippen LogP) is 2.94. The van der Waals surface area contributed by atoms with Crippen molar-refractivity contribution < 1.29 is 4.79 Å². The highest BCUT2D eigenvalue weighted by atomic mass is 16.2. The summed E-state index contributed by atoms with van der Waals surface area (Å²) in [5.41, 5.74) is 7.47. The van der Waals surface area contributed by atoms with E-state index in [0.717, 1.165) is 43.5 Å². The summed E-state index contributed by atoms with van der Waals surface area (Å²) in [5, 5.41) is 2.97. The van der Waals surface area contributed by atoms with Crippen LogP contribution in [0.5, 0.6) is 0 Å². The third kappa shape index (κ3) is 3.96. The number of benzene rings is 1. The van der Waals surface area contributed by atoms with E-state index < -0.39 is 0 Å². The standard InChI is InChI=1S/C15H23N3O/c1-2-3-10-18(14-8-9-14)15(19)17-13-6-4-12(11-16)5-7-13/h4-7,14H,2-3,8-11,16H2,1H3,(H,17,19). The number of urea groups is 1. The van der Waals surface area contributed by atoms with Crippen LogP contribution in [0.1, 0.15) is 38.2 Å². The molecule has 0 radical (unpaired) electrons. The number of nitrogens with zero attached hydrogens (tertiary/aromatic N) is 1. The lowest BCUT2D eigenvalue weighted by Gasteiger charge is -2.22. The normalized spacial score (nSPS) is 14.2. The van der Waals surface area contributed by atoms with Gasteiger partial charge in [0.1, 0.15) is 0 Å². The van der Waals surface area contributed by atoms with Gasteiger partial charge in [0.2, 0.25) is 0 Å². The highest BCUT2D eigenvalue weighted by Gasteiger charge is 2.31. The van der Waals surface area contributed by atoms with Crippen LogP contribution in [0, 0.1) is 0 Å². The number of rotatable bonds is 6. The van der Waals surface area contributed by atoms with Crippen molar-refractivity contribution in [1.82, 2.24) is 4.90 Å². The van der Waals surface area contributed by atoms with Crippen LogP contribution in [0.2, 0.25) is 0 Å². The van der Waals surface area contributed by atoms with Crippen molar-refractivity contribution in [3.8, 4) is 0 Å². The Labute approximate surface area is 115 Å². The Balaban J connectivity index is 1.93. The Bertz CT molecular complexity index is 412. The average Bonchev–Trinajstić information content (AvgIpc) is 3.25. The van der Waals surface area contributed by atoms with Gasteiger partial charge in [0.05, 0.1) is 0 Å². The highest BCUT2D eigenvalue weighted by molar-refractivity contribution is 5.89. The molecule has 0 saturated heterocycles. The summed E-state index contributed by atoms with van der Waals surface area (Å²) in [6, 6.07) is 8.19. The predicted molar refractivity (Wildman–Crippen MR) is 78.0 cm³/mol. The molecule has 3 N–H and O–H groups in total. The Kier molecular flexibility index (Phi) is 4.80. The minimum Gasteiger partial charge on any atom is -0.326 e. The van der Waals surface area contributed by atoms with Crippen molar-refractivity contribution in [3.05, 3.63) is 29.8 Å². The summed E-state index contributed by atoms with van der Waals surface area (Å²) >= 11 is 0. The van der Waals surface area contributed by atoms with E-state index in [9.17, 15) is 4.79 Å². The zero-order valence-corrected chi connectivity index (χ0v) is 11.6. The van der Waals surface area contributed by atoms with Crippen LogP contribution in [0.4, 0.5) is 10.5 Å². The smallest absolute Gasteiger partial charge is 0.322 e. The fraction of sp³-hybridized carbons (Fsp3) is 0.533. The molecule has 1 aliphatic carbocycles. The number of hydrogen-bond donors (Lipinski definition) is 2. The minimum atomic E-state index is 0.0245. The van der Waals surface area contributed by atoms with Gasteiger partial charge in [-0.1, -0.05) is 25.5 Å². The first-order chi connectivity index (χ1) is 9.24. The lowest BCUT2D eigenvalue weighted by Crippen LogP contribution is -2.37. The van der Waals surface area contributed by atoms with E-state index in [-0.39, 0.29) is 6.03 Å². The topological polar surface area (TPSA) is 58.4 Å². The molecule has 1 aliphatic rings. The molecule has 19 heavy (non-hydrogen) atoms. The van der Waals surface area contributed by atoms with Crippen molar-refractivity contribution in [1.29, 1.82) is 0 Å². The molecule has 1 fully saturated rings. The van der Waals surface area contributed by atoms with E-state index in [0.29, 0.717) is 12.6 Å². The monoisotopic (exact) mass is 261 g/mol. The van der Waals surface area contributed by atoms with Gasteiger partial charge in [0.25, 0.3) is 0 Å². The summed E-state index contributed by atoms with van der Waals surface area (Å²) in [5.74, 6) is 0. The van der Waals surface area contributed by atoms with Gasteiger partial charge in [0.15, 0.2) is 0 Å². The summed E-state index contributed by atoms with van der Waals surface area (Å²) in [4.78, 5) is 14.2. The summed E-state index contributed by atoms with van der Waals surface area (Å²) < 4.78 is 0. The van der Waals surface area contributed by atoms with E-state index >= 15 is 0 Å². The third-order valence-electron chi connectivity index (χ3n) is 3.44. The summed E-state index contributed by atoms with van der Waals surface area (Å²) in [6.45, 7) is 3.53. The molecule has 1 aromatic rings. The van der Waals surface area contributed by atoms with E-state index in [1.165, 1.54) is 0 Å². The zero-order chi connectivity index (χ0) is 13.7. The molecule has 0 spiro atoms. The van der Waals surface area contributed by atoms with Gasteiger partial charge >= 0.3 is 6.03 Å². The fourth-order valence-electron chi connectivity index (χ4n) is 2.08. The molecule has 1 saturated carbocycles. The van der Waals surface area contributed by atoms with Gasteiger partial charge in [-0.15, -0.1) is 0 Å². The molecule has 2 rings (SSSR count). The number of carbonyl (C=O) groups excluding carboxylic acids is 1. The van der Waals surface area contributed by atoms with Crippen molar-refractivity contribution in [2.75, 3.05) is 11.9 Å². The van der Waals surface area contributed by atoms with Crippen LogP contribution in [-0.2, 0) is 6.54 Å². The van der Waals surface area contributed by atoms with Gasteiger partial charge in [-0.3, -0.25) is 0 Å². The molecular weight excluding hydrogens is 238 g/mol. The van der Waals surface area contributed by atoms with Crippen molar-refractivity contribution >= 4 is 11.7 Å². The van der Waals surface area contributed by atoms with Crippen molar-refractivity contribution in [2.24, 2.45) is 5.73 Å². The second-order valence-electron chi connectivity index (χ2n) is 5.11. The Morgan fingerprint density at radius 1 is 1.37 bits per heavy atom. The van der Waals surface area contributed by atoms with Crippen LogP contribution >= 0.6 is 0 Å². The van der Waals surface area contributed by atoms with E-state index in [2.05, 4.69) is 12.2 Å². The van der Waals surface area contributed by atoms with E-state index in [4.69, 9.17) is 5.73 Å². The number of nitrogens with two attached hydrogens (primary N) is 1. The molecule has 0 aliphatic heterocycles. The molecule has 0 bridgehead atoms. The minimum absolute atomic E-state index is 0.0245. The number of hydrogen-bond acceptors (Lipinski definition) is 2. The average molecular weight is 261 g/mol. The quantitative estimate of drug-likeness (QED) is 0.827. The first-order valence-corrected chi connectivity index (χ1v) is 7.11. The van der Waals surface area contributed by atoms with Crippen LogP contribution in [0.15, 0.2) is 24.3 Å². The lowest BCUT2D eigenvalue weighted by atomic mass is 10.2. The number of anilines is 1. The molecule has 4 heteroatoms. The number of nitrogens with one attached hydrogen (secondary N) is 1. The number of unbranched alkanes of at least 4 members (excludes halogenated alkanes) is 1. The molecule has 0 heterocycles. The van der Waals surface area contributed by atoms with Crippen molar-refractivity contribution in [2.45, 2.75) is 45.2 Å². The van der Waals surface area contributed by atoms with Gasteiger partial charge in [-0.05, 0) is 37.0 Å². The molecule has 0 unspecified atom stereocenters. The van der Waals surface area contributed by atoms with Crippen LogP contribution < -0.4 is 11.1 Å². The second-order valence-corrected chi connectivity index (χ2v) is 5.11. The first kappa shape index (κ1) is 13.9. The number of amides is 2. The van der Waals surface area contributed by atoms with E-state index in [1.54, 1.807) is 0 Å². The molecule has 0 aromatic heterocycles. The first-order valence-electron chi connectivity index (χ1n) is 7.11. The van der Waals surface area contributed by atoms with Crippen LogP contribution in [0.3, 0.4) is 0 Å². The van der Waals surface area contributed by atoms with Crippen LogP contribution in [-0.4, -0.2) is 23.5 Å². The second kappa shape index (κ2) is 6.57. The molecule has 2 amide bonds. The largest absolute Gasteiger partial charge is 0.326 e. The molecule has 4 nitrogen and oxygen atoms in total. The van der Waals surface area contributed by atoms with Gasteiger partial charge in [0, 0.05) is 24.8 Å². The summed E-state index contributed by atoms with van der Waals surface area (Å²) in [6.07, 6.45) is 4.46. The molecule has 0 atom stereocenters. The lowest BCUT2D eigenvalue weighted by molar-refractivity contribution is 0.208. The maximum atomic E-state index is 12.2. The van der Waals surface area contributed by atoms with Crippen molar-refractivity contribution in [3.63, 3.8) is 0 Å². The molecular formula is C15H23N3O. The van der Waals surface area contributed by atoms with Gasteiger partial charge in [-0.25, -0.2) is 4.79 Å². The fourth-order valence-corrected chi connectivity index (χ4v) is 2.08. The maximum absolute atomic E-state index is 12.2. The highest BCUT2D eigenvalue weighted by Crippen LogP contribution is 2.27. The Morgan fingerprint density at radius 2 is 2.05 bits per heavy atom. The molecule has 1 aromatic carbocycles. The van der Waals surface area contributed by atoms with Crippen LogP contribution in [0.25, 0.3) is 0 Å². The molecule has 104 valence electrons. The maximum Gasteiger partial charge on any atom is 0.322 e. The van der Waals surface area contributed by atoms with E-state index in [1.807, 2.05) is 29.2 Å². The third-order valence-corrected chi connectivity index (χ3v) is 3.44. The van der Waals surface area contributed by atoms with Gasteiger partial charge < -0.3 is 16.0 Å². The van der Waals surface area contributed by atoms with Gasteiger partial charge in [-0.2, -0.15) is 0 Å². The summed E-state index contributed by atoms with van der Waals surface area (Å²) in [7, 11) is 0. The Morgan fingerprint density at radius 3 is 2.58 bits per heavy atom.